The van der Waals surface area contributed by atoms with Gasteiger partial charge >= 0.3 is 0 Å². The minimum Gasteiger partial charge on any atom is -0.321 e. The van der Waals surface area contributed by atoms with Gasteiger partial charge in [0.2, 0.25) is 0 Å². The number of hydrogen-bond donors (Lipinski definition) is 1. The predicted octanol–water partition coefficient (Wildman–Crippen LogP) is 4.69. The van der Waals surface area contributed by atoms with E-state index in [1.165, 1.54) is 5.56 Å². The number of carbonyl (C=O) groups is 1. The van der Waals surface area contributed by atoms with Crippen LogP contribution in [0, 0.1) is 6.92 Å². The fraction of sp³-hybridized carbons (Fsp3) is 0.318. The van der Waals surface area contributed by atoms with Crippen LogP contribution < -0.4 is 5.32 Å². The van der Waals surface area contributed by atoms with Crippen molar-refractivity contribution in [2.45, 2.75) is 46.5 Å². The second-order valence-corrected chi connectivity index (χ2v) is 7.80. The van der Waals surface area contributed by atoms with Crippen LogP contribution in [0.2, 0.25) is 0 Å². The van der Waals surface area contributed by atoms with E-state index in [0.717, 1.165) is 28.9 Å². The maximum atomic E-state index is 12.8. The number of amides is 1. The van der Waals surface area contributed by atoms with Gasteiger partial charge in [0.05, 0.1) is 0 Å². The maximum Gasteiger partial charge on any atom is 0.255 e. The normalized spacial score (nSPS) is 11.4. The Labute approximate surface area is 160 Å². The van der Waals surface area contributed by atoms with Crippen molar-refractivity contribution in [3.05, 3.63) is 71.3 Å². The highest BCUT2D eigenvalue weighted by Gasteiger charge is 2.16. The number of nitrogens with zero attached hydrogens (tertiary/aromatic N) is 3. The van der Waals surface area contributed by atoms with E-state index in [9.17, 15) is 4.79 Å². The number of aromatic nitrogens is 3. The molecule has 0 spiro atoms. The van der Waals surface area contributed by atoms with Gasteiger partial charge in [-0.25, -0.2) is 0 Å². The third-order valence-corrected chi connectivity index (χ3v) is 4.75. The number of rotatable bonds is 4. The van der Waals surface area contributed by atoms with E-state index >= 15 is 0 Å². The molecular formula is C22H26N4O. The van der Waals surface area contributed by atoms with Gasteiger partial charge in [0.25, 0.3) is 5.91 Å². The van der Waals surface area contributed by atoms with Gasteiger partial charge in [-0.05, 0) is 59.7 Å². The largest absolute Gasteiger partial charge is 0.321 e. The molecular weight excluding hydrogens is 336 g/mol. The topological polar surface area (TPSA) is 59.8 Å². The second-order valence-electron chi connectivity index (χ2n) is 7.80. The highest BCUT2D eigenvalue weighted by Crippen LogP contribution is 2.27. The number of nitrogens with one attached hydrogen (secondary N) is 1. The Balaban J connectivity index is 1.87. The summed E-state index contributed by atoms with van der Waals surface area (Å²) in [5.41, 5.74) is 5.89. The van der Waals surface area contributed by atoms with Gasteiger partial charge in [0.15, 0.2) is 0 Å². The van der Waals surface area contributed by atoms with Gasteiger partial charge in [-0.2, -0.15) is 0 Å². The highest BCUT2D eigenvalue weighted by atomic mass is 16.1. The fourth-order valence-corrected chi connectivity index (χ4v) is 3.09. The summed E-state index contributed by atoms with van der Waals surface area (Å²) in [6.07, 6.45) is 4.15. The first-order valence-corrected chi connectivity index (χ1v) is 9.20. The van der Waals surface area contributed by atoms with E-state index < -0.39 is 0 Å². The molecule has 1 N–H and O–H groups in total. The molecule has 0 aliphatic carbocycles. The summed E-state index contributed by atoms with van der Waals surface area (Å²) >= 11 is 0. The van der Waals surface area contributed by atoms with E-state index in [-0.39, 0.29) is 11.3 Å². The van der Waals surface area contributed by atoms with Crippen LogP contribution in [0.4, 0.5) is 5.69 Å². The van der Waals surface area contributed by atoms with Crippen LogP contribution in [0.25, 0.3) is 5.69 Å². The molecule has 3 rings (SSSR count). The van der Waals surface area contributed by atoms with Crippen molar-refractivity contribution in [2.24, 2.45) is 0 Å². The summed E-state index contributed by atoms with van der Waals surface area (Å²) in [7, 11) is 0. The Kier molecular flexibility index (Phi) is 5.13. The number of benzene rings is 2. The van der Waals surface area contributed by atoms with E-state index in [1.807, 2.05) is 41.8 Å². The molecule has 3 aromatic rings. The summed E-state index contributed by atoms with van der Waals surface area (Å²) in [6, 6.07) is 11.9. The van der Waals surface area contributed by atoms with Crippen LogP contribution in [0.1, 0.15) is 54.7 Å². The molecule has 0 saturated carbocycles. The molecule has 1 amide bonds. The molecule has 0 aliphatic rings. The Morgan fingerprint density at radius 1 is 1.07 bits per heavy atom. The molecule has 0 saturated heterocycles. The molecule has 2 aromatic carbocycles. The zero-order chi connectivity index (χ0) is 19.6. The lowest BCUT2D eigenvalue weighted by Gasteiger charge is -2.19. The fourth-order valence-electron chi connectivity index (χ4n) is 3.09. The lowest BCUT2D eigenvalue weighted by molar-refractivity contribution is 0.102. The monoisotopic (exact) mass is 362 g/mol. The molecule has 5 heteroatoms. The lowest BCUT2D eigenvalue weighted by Crippen LogP contribution is -2.16. The van der Waals surface area contributed by atoms with Crippen LogP contribution in [-0.4, -0.2) is 20.7 Å². The zero-order valence-corrected chi connectivity index (χ0v) is 16.6. The Morgan fingerprint density at radius 3 is 2.26 bits per heavy atom. The minimum absolute atomic E-state index is 0.0684. The van der Waals surface area contributed by atoms with Crippen molar-refractivity contribution >= 4 is 11.6 Å². The van der Waals surface area contributed by atoms with Gasteiger partial charge in [-0.15, -0.1) is 10.2 Å². The third-order valence-electron chi connectivity index (χ3n) is 4.75. The van der Waals surface area contributed by atoms with Crippen molar-refractivity contribution in [3.63, 3.8) is 0 Å². The van der Waals surface area contributed by atoms with Crippen LogP contribution in [0.5, 0.6) is 0 Å². The standard InChI is InChI=1S/C22H26N4O/c1-6-16-12-19(26-13-23-24-14-26)11-15(2)20(16)25-21(27)17-7-9-18(10-8-17)22(3,4)5/h7-14H,6H2,1-5H3,(H,25,27). The van der Waals surface area contributed by atoms with Crippen molar-refractivity contribution in [1.29, 1.82) is 0 Å². The molecule has 1 aromatic heterocycles. The average Bonchev–Trinajstić information content (AvgIpc) is 3.17. The molecule has 1 heterocycles. The van der Waals surface area contributed by atoms with Crippen molar-refractivity contribution in [3.8, 4) is 5.69 Å². The van der Waals surface area contributed by atoms with Crippen LogP contribution in [-0.2, 0) is 11.8 Å². The molecule has 27 heavy (non-hydrogen) atoms. The molecule has 0 unspecified atom stereocenters. The number of carbonyl (C=O) groups excluding carboxylic acids is 1. The van der Waals surface area contributed by atoms with Crippen molar-refractivity contribution < 1.29 is 4.79 Å². The molecule has 140 valence electrons. The van der Waals surface area contributed by atoms with Crippen molar-refractivity contribution in [1.82, 2.24) is 14.8 Å². The maximum absolute atomic E-state index is 12.8. The molecule has 0 radical (unpaired) electrons. The Morgan fingerprint density at radius 2 is 1.70 bits per heavy atom. The average molecular weight is 362 g/mol. The van der Waals surface area contributed by atoms with Crippen LogP contribution in [0.3, 0.4) is 0 Å². The van der Waals surface area contributed by atoms with Gasteiger partial charge < -0.3 is 5.32 Å². The highest BCUT2D eigenvalue weighted by molar-refractivity contribution is 6.05. The van der Waals surface area contributed by atoms with Gasteiger partial charge in [0.1, 0.15) is 12.7 Å². The zero-order valence-electron chi connectivity index (χ0n) is 16.6. The van der Waals surface area contributed by atoms with E-state index in [1.54, 1.807) is 12.7 Å². The minimum atomic E-state index is -0.0923. The first-order chi connectivity index (χ1) is 12.8. The summed E-state index contributed by atoms with van der Waals surface area (Å²) in [5, 5.41) is 10.8. The molecule has 5 nitrogen and oxygen atoms in total. The van der Waals surface area contributed by atoms with Gasteiger partial charge in [-0.1, -0.05) is 39.8 Å². The Bertz CT molecular complexity index is 936. The first-order valence-electron chi connectivity index (χ1n) is 9.20. The smallest absolute Gasteiger partial charge is 0.255 e. The van der Waals surface area contributed by atoms with Gasteiger partial charge in [0, 0.05) is 16.9 Å². The van der Waals surface area contributed by atoms with Gasteiger partial charge in [-0.3, -0.25) is 9.36 Å². The predicted molar refractivity (Wildman–Crippen MR) is 109 cm³/mol. The summed E-state index contributed by atoms with van der Waals surface area (Å²) in [4.78, 5) is 12.8. The number of hydrogen-bond acceptors (Lipinski definition) is 3. The van der Waals surface area contributed by atoms with Crippen molar-refractivity contribution in [2.75, 3.05) is 5.32 Å². The molecule has 0 aliphatic heterocycles. The Hall–Kier alpha value is -2.95. The summed E-state index contributed by atoms with van der Waals surface area (Å²) in [5.74, 6) is -0.0923. The SMILES string of the molecule is CCc1cc(-n2cnnc2)cc(C)c1NC(=O)c1ccc(C(C)(C)C)cc1. The molecule has 0 atom stereocenters. The summed E-state index contributed by atoms with van der Waals surface area (Å²) in [6.45, 7) is 10.6. The summed E-state index contributed by atoms with van der Waals surface area (Å²) < 4.78 is 1.86. The molecule has 0 bridgehead atoms. The van der Waals surface area contributed by atoms with Crippen LogP contribution in [0.15, 0.2) is 49.1 Å². The number of aryl methyl sites for hydroxylation is 2. The van der Waals surface area contributed by atoms with E-state index in [2.05, 4.69) is 49.3 Å². The van der Waals surface area contributed by atoms with E-state index in [0.29, 0.717) is 5.56 Å². The number of anilines is 1. The quantitative estimate of drug-likeness (QED) is 0.732. The molecule has 0 fully saturated rings. The van der Waals surface area contributed by atoms with E-state index in [4.69, 9.17) is 0 Å². The second kappa shape index (κ2) is 7.35. The first kappa shape index (κ1) is 18.8. The lowest BCUT2D eigenvalue weighted by atomic mass is 9.86. The third kappa shape index (κ3) is 4.08. The van der Waals surface area contributed by atoms with Crippen LogP contribution >= 0.6 is 0 Å².